The Morgan fingerprint density at radius 1 is 1.38 bits per heavy atom. The van der Waals surface area contributed by atoms with Gasteiger partial charge in [-0.05, 0) is 5.56 Å². The zero-order valence-corrected chi connectivity index (χ0v) is 8.63. The first-order valence-electron chi connectivity index (χ1n) is 4.73. The quantitative estimate of drug-likeness (QED) is 0.602. The van der Waals surface area contributed by atoms with Crippen molar-refractivity contribution in [2.45, 2.75) is 12.5 Å². The molecule has 0 aliphatic rings. The van der Waals surface area contributed by atoms with Crippen LogP contribution in [-0.4, -0.2) is 23.1 Å². The minimum absolute atomic E-state index is 0.149. The van der Waals surface area contributed by atoms with Crippen LogP contribution in [0.1, 0.15) is 5.56 Å². The van der Waals surface area contributed by atoms with Crippen LogP contribution in [0.25, 0.3) is 0 Å². The van der Waals surface area contributed by atoms with Crippen LogP contribution in [-0.2, 0) is 20.7 Å². The molecule has 84 valence electrons. The van der Waals surface area contributed by atoms with Crippen LogP contribution in [0.4, 0.5) is 0 Å². The van der Waals surface area contributed by atoms with Crippen LogP contribution in [0, 0.1) is 0 Å². The molecule has 1 aromatic carbocycles. The van der Waals surface area contributed by atoms with E-state index in [9.17, 15) is 9.59 Å². The summed E-state index contributed by atoms with van der Waals surface area (Å²) in [5.74, 6) is -1.90. The molecule has 0 spiro atoms. The van der Waals surface area contributed by atoms with Crippen LogP contribution in [0.5, 0.6) is 0 Å². The Kier molecular flexibility index (Phi) is 4.27. The lowest BCUT2D eigenvalue weighted by atomic mass is 10.1. The zero-order chi connectivity index (χ0) is 12.0. The van der Waals surface area contributed by atoms with Crippen molar-refractivity contribution in [3.05, 3.63) is 48.6 Å². The molecule has 16 heavy (non-hydrogen) atoms. The predicted molar refractivity (Wildman–Crippen MR) is 57.9 cm³/mol. The Hall–Kier alpha value is -2.10. The standard InChI is InChI=1S/C12H12O4/c1-2-11(13)16-10(12(14)15)8-9-6-4-3-5-7-9/h2-7,10H,1,8H2,(H,14,15). The van der Waals surface area contributed by atoms with Crippen LogP contribution in [0.2, 0.25) is 0 Å². The van der Waals surface area contributed by atoms with E-state index < -0.39 is 18.0 Å². The average molecular weight is 220 g/mol. The molecule has 0 saturated carbocycles. The molecule has 0 aliphatic carbocycles. The molecule has 4 heteroatoms. The summed E-state index contributed by atoms with van der Waals surface area (Å²) in [7, 11) is 0. The number of benzene rings is 1. The van der Waals surface area contributed by atoms with Gasteiger partial charge in [-0.2, -0.15) is 0 Å². The summed E-state index contributed by atoms with van der Waals surface area (Å²) >= 11 is 0. The van der Waals surface area contributed by atoms with Gasteiger partial charge < -0.3 is 9.84 Å². The van der Waals surface area contributed by atoms with Crippen LogP contribution < -0.4 is 0 Å². The molecule has 0 aromatic heterocycles. The number of carbonyl (C=O) groups is 2. The van der Waals surface area contributed by atoms with E-state index in [-0.39, 0.29) is 6.42 Å². The summed E-state index contributed by atoms with van der Waals surface area (Å²) in [6, 6.07) is 8.97. The van der Waals surface area contributed by atoms with Crippen molar-refractivity contribution in [3.63, 3.8) is 0 Å². The summed E-state index contributed by atoms with van der Waals surface area (Å²) in [5.41, 5.74) is 0.798. The van der Waals surface area contributed by atoms with Crippen molar-refractivity contribution in [2.24, 2.45) is 0 Å². The lowest BCUT2D eigenvalue weighted by molar-refractivity contribution is -0.160. The molecular weight excluding hydrogens is 208 g/mol. The molecule has 0 saturated heterocycles. The van der Waals surface area contributed by atoms with Crippen molar-refractivity contribution < 1.29 is 19.4 Å². The van der Waals surface area contributed by atoms with Gasteiger partial charge in [-0.3, -0.25) is 0 Å². The summed E-state index contributed by atoms with van der Waals surface area (Å²) in [6.07, 6.45) is -0.0793. The highest BCUT2D eigenvalue weighted by atomic mass is 16.6. The number of carboxylic acid groups (broad SMARTS) is 1. The van der Waals surface area contributed by atoms with Gasteiger partial charge in [-0.1, -0.05) is 36.9 Å². The van der Waals surface area contributed by atoms with Gasteiger partial charge >= 0.3 is 11.9 Å². The van der Waals surface area contributed by atoms with E-state index >= 15 is 0 Å². The number of carbonyl (C=O) groups excluding carboxylic acids is 1. The highest BCUT2D eigenvalue weighted by Gasteiger charge is 2.21. The Bertz CT molecular complexity index is 383. The fraction of sp³-hybridized carbons (Fsp3) is 0.167. The van der Waals surface area contributed by atoms with E-state index in [0.29, 0.717) is 0 Å². The third-order valence-electron chi connectivity index (χ3n) is 1.96. The van der Waals surface area contributed by atoms with Crippen molar-refractivity contribution in [2.75, 3.05) is 0 Å². The molecule has 0 heterocycles. The second-order valence-corrected chi connectivity index (χ2v) is 3.16. The lowest BCUT2D eigenvalue weighted by Gasteiger charge is -2.12. The SMILES string of the molecule is C=CC(=O)OC(Cc1ccccc1)C(=O)O. The highest BCUT2D eigenvalue weighted by Crippen LogP contribution is 2.06. The fourth-order valence-electron chi connectivity index (χ4n) is 1.20. The maximum absolute atomic E-state index is 10.9. The molecule has 1 unspecified atom stereocenters. The van der Waals surface area contributed by atoms with Gasteiger partial charge in [0.1, 0.15) is 0 Å². The number of carboxylic acids is 1. The van der Waals surface area contributed by atoms with Gasteiger partial charge in [0, 0.05) is 12.5 Å². The first-order chi connectivity index (χ1) is 7.63. The first-order valence-corrected chi connectivity index (χ1v) is 4.73. The van der Waals surface area contributed by atoms with E-state index in [1.807, 2.05) is 6.07 Å². The van der Waals surface area contributed by atoms with E-state index in [2.05, 4.69) is 6.58 Å². The second-order valence-electron chi connectivity index (χ2n) is 3.16. The zero-order valence-electron chi connectivity index (χ0n) is 8.63. The molecule has 0 radical (unpaired) electrons. The number of hydrogen-bond acceptors (Lipinski definition) is 3. The molecule has 4 nitrogen and oxygen atoms in total. The number of hydrogen-bond donors (Lipinski definition) is 1. The van der Waals surface area contributed by atoms with E-state index in [1.165, 1.54) is 0 Å². The van der Waals surface area contributed by atoms with E-state index in [0.717, 1.165) is 11.6 Å². The van der Waals surface area contributed by atoms with Gasteiger partial charge in [0.2, 0.25) is 6.10 Å². The van der Waals surface area contributed by atoms with E-state index in [4.69, 9.17) is 9.84 Å². The topological polar surface area (TPSA) is 63.6 Å². The smallest absolute Gasteiger partial charge is 0.345 e. The summed E-state index contributed by atoms with van der Waals surface area (Å²) in [5, 5.41) is 8.87. The van der Waals surface area contributed by atoms with Gasteiger partial charge in [-0.25, -0.2) is 9.59 Å². The van der Waals surface area contributed by atoms with Gasteiger partial charge in [-0.15, -0.1) is 0 Å². The minimum atomic E-state index is -1.17. The molecular formula is C12H12O4. The maximum Gasteiger partial charge on any atom is 0.345 e. The Morgan fingerprint density at radius 3 is 2.50 bits per heavy atom. The third kappa shape index (κ3) is 3.57. The van der Waals surface area contributed by atoms with Crippen molar-refractivity contribution in [1.82, 2.24) is 0 Å². The molecule has 1 aromatic rings. The Balaban J connectivity index is 2.69. The maximum atomic E-state index is 10.9. The minimum Gasteiger partial charge on any atom is -0.478 e. The number of ether oxygens (including phenoxy) is 1. The molecule has 1 rings (SSSR count). The van der Waals surface area contributed by atoms with Crippen LogP contribution >= 0.6 is 0 Å². The number of esters is 1. The summed E-state index contributed by atoms with van der Waals surface area (Å²) in [4.78, 5) is 21.8. The first kappa shape index (κ1) is 12.0. The van der Waals surface area contributed by atoms with Crippen molar-refractivity contribution in [3.8, 4) is 0 Å². The molecule has 0 fully saturated rings. The average Bonchev–Trinajstić information content (AvgIpc) is 2.29. The third-order valence-corrected chi connectivity index (χ3v) is 1.96. The summed E-state index contributed by atoms with van der Waals surface area (Å²) < 4.78 is 4.71. The van der Waals surface area contributed by atoms with E-state index in [1.54, 1.807) is 24.3 Å². The Labute approximate surface area is 93.2 Å². The number of rotatable bonds is 5. The fourth-order valence-corrected chi connectivity index (χ4v) is 1.20. The summed E-state index contributed by atoms with van der Waals surface area (Å²) in [6.45, 7) is 3.21. The monoisotopic (exact) mass is 220 g/mol. The lowest BCUT2D eigenvalue weighted by Crippen LogP contribution is -2.28. The van der Waals surface area contributed by atoms with Gasteiger partial charge in [0.15, 0.2) is 0 Å². The molecule has 0 bridgehead atoms. The van der Waals surface area contributed by atoms with Crippen molar-refractivity contribution in [1.29, 1.82) is 0 Å². The largest absolute Gasteiger partial charge is 0.478 e. The molecule has 1 atom stereocenters. The molecule has 0 amide bonds. The highest BCUT2D eigenvalue weighted by molar-refractivity contribution is 5.84. The van der Waals surface area contributed by atoms with Gasteiger partial charge in [0.05, 0.1) is 0 Å². The predicted octanol–water partition coefficient (Wildman–Crippen LogP) is 1.41. The normalized spacial score (nSPS) is 11.5. The van der Waals surface area contributed by atoms with Crippen LogP contribution in [0.3, 0.4) is 0 Å². The molecule has 1 N–H and O–H groups in total. The Morgan fingerprint density at radius 2 is 2.00 bits per heavy atom. The van der Waals surface area contributed by atoms with Crippen molar-refractivity contribution >= 4 is 11.9 Å². The van der Waals surface area contributed by atoms with Crippen LogP contribution in [0.15, 0.2) is 43.0 Å². The number of aliphatic carboxylic acids is 1. The molecule has 0 aliphatic heterocycles. The van der Waals surface area contributed by atoms with Gasteiger partial charge in [0.25, 0.3) is 0 Å². The second kappa shape index (κ2) is 5.70.